The minimum Gasteiger partial charge on any atom is -0.390 e. The minimum absolute atomic E-state index is 0.00991. The standard InChI is InChI=1S/C34H45F2N3O3/c1-4-12-39(13-5-2)34(42)32-26-11-10-25(18-26)31(32)33(41)38-29(17-24-15-27(35)19-28(36)16-24)30(40)21-37-20-23-9-7-8-22(6-3)14-23/h7-11,14-16,19,25-26,29-32,37,40H,4-6,12-13,17-18,20-21H2,1-3H3,(H,38,41)/t25?,26?,29-,30+,31?,32?/m0/s1. The average Bonchev–Trinajstić information content (AvgIpc) is 3.58. The van der Waals surface area contributed by atoms with Crippen molar-refractivity contribution in [2.75, 3.05) is 19.6 Å². The highest BCUT2D eigenvalue weighted by Gasteiger charge is 2.52. The number of aliphatic hydroxyl groups is 1. The highest BCUT2D eigenvalue weighted by atomic mass is 19.1. The number of benzene rings is 2. The summed E-state index contributed by atoms with van der Waals surface area (Å²) < 4.78 is 28.1. The monoisotopic (exact) mass is 581 g/mol. The molecule has 8 heteroatoms. The minimum atomic E-state index is -1.03. The van der Waals surface area contributed by atoms with Crippen LogP contribution in [-0.4, -0.2) is 53.6 Å². The molecule has 2 aliphatic rings. The van der Waals surface area contributed by atoms with Gasteiger partial charge in [0.2, 0.25) is 11.8 Å². The number of carbonyl (C=O) groups is 2. The summed E-state index contributed by atoms with van der Waals surface area (Å²) in [4.78, 5) is 29.5. The Labute approximate surface area is 248 Å². The lowest BCUT2D eigenvalue weighted by atomic mass is 9.81. The van der Waals surface area contributed by atoms with Crippen LogP contribution in [0.2, 0.25) is 0 Å². The molecule has 0 radical (unpaired) electrons. The Balaban J connectivity index is 1.50. The number of halogens is 2. The molecule has 42 heavy (non-hydrogen) atoms. The molecule has 2 aromatic rings. The van der Waals surface area contributed by atoms with Gasteiger partial charge in [-0.25, -0.2) is 8.78 Å². The number of aliphatic hydroxyl groups excluding tert-OH is 1. The molecule has 228 valence electrons. The summed E-state index contributed by atoms with van der Waals surface area (Å²) in [7, 11) is 0. The van der Waals surface area contributed by atoms with E-state index < -0.39 is 35.6 Å². The molecule has 6 atom stereocenters. The van der Waals surface area contributed by atoms with E-state index >= 15 is 0 Å². The van der Waals surface area contributed by atoms with Crippen LogP contribution < -0.4 is 10.6 Å². The number of allylic oxidation sites excluding steroid dienone is 2. The zero-order valence-corrected chi connectivity index (χ0v) is 25.0. The Hall–Kier alpha value is -3.10. The van der Waals surface area contributed by atoms with Gasteiger partial charge in [-0.1, -0.05) is 57.2 Å². The second-order valence-corrected chi connectivity index (χ2v) is 11.8. The fourth-order valence-electron chi connectivity index (χ4n) is 6.61. The second-order valence-electron chi connectivity index (χ2n) is 11.8. The third-order valence-electron chi connectivity index (χ3n) is 8.60. The first-order valence-electron chi connectivity index (χ1n) is 15.4. The van der Waals surface area contributed by atoms with Gasteiger partial charge in [0.1, 0.15) is 11.6 Å². The SMILES string of the molecule is CCCN(CCC)C(=O)C1C2C=CC(C2)C1C(=O)N[C@@H](Cc1cc(F)cc(F)c1)[C@H](O)CNCc1cccc(CC)c1. The number of carbonyl (C=O) groups excluding carboxylic acids is 2. The van der Waals surface area contributed by atoms with Gasteiger partial charge in [-0.05, 0) is 72.8 Å². The zero-order chi connectivity index (χ0) is 30.2. The second kappa shape index (κ2) is 14.9. The van der Waals surface area contributed by atoms with Gasteiger partial charge in [0.15, 0.2) is 0 Å². The van der Waals surface area contributed by atoms with Gasteiger partial charge in [-0.2, -0.15) is 0 Å². The third kappa shape index (κ3) is 7.84. The lowest BCUT2D eigenvalue weighted by Gasteiger charge is -2.33. The largest absolute Gasteiger partial charge is 0.390 e. The molecule has 4 unspecified atom stereocenters. The van der Waals surface area contributed by atoms with Crippen LogP contribution >= 0.6 is 0 Å². The number of nitrogens with zero attached hydrogens (tertiary/aromatic N) is 1. The van der Waals surface area contributed by atoms with Gasteiger partial charge in [0.25, 0.3) is 0 Å². The van der Waals surface area contributed by atoms with Gasteiger partial charge in [-0.3, -0.25) is 9.59 Å². The molecule has 2 bridgehead atoms. The Bertz CT molecular complexity index is 1230. The number of rotatable bonds is 15. The summed E-state index contributed by atoms with van der Waals surface area (Å²) in [6, 6.07) is 10.6. The molecule has 2 amide bonds. The maximum Gasteiger partial charge on any atom is 0.227 e. The molecule has 0 saturated heterocycles. The molecule has 2 aromatic carbocycles. The number of fused-ring (bicyclic) bond motifs is 2. The number of nitrogens with one attached hydrogen (secondary N) is 2. The van der Waals surface area contributed by atoms with E-state index in [9.17, 15) is 23.5 Å². The van der Waals surface area contributed by atoms with Crippen molar-refractivity contribution in [2.24, 2.45) is 23.7 Å². The first-order chi connectivity index (χ1) is 20.2. The highest BCUT2D eigenvalue weighted by Crippen LogP contribution is 2.49. The summed E-state index contributed by atoms with van der Waals surface area (Å²) in [6.07, 6.45) is 6.46. The van der Waals surface area contributed by atoms with Crippen LogP contribution in [0.15, 0.2) is 54.6 Å². The number of aryl methyl sites for hydroxylation is 1. The van der Waals surface area contributed by atoms with E-state index in [4.69, 9.17) is 0 Å². The summed E-state index contributed by atoms with van der Waals surface area (Å²) in [5, 5.41) is 17.5. The number of amides is 2. The summed E-state index contributed by atoms with van der Waals surface area (Å²) >= 11 is 0. The Morgan fingerprint density at radius 2 is 1.57 bits per heavy atom. The van der Waals surface area contributed by atoms with Crippen LogP contribution in [-0.2, 0) is 29.0 Å². The highest BCUT2D eigenvalue weighted by molar-refractivity contribution is 5.90. The summed E-state index contributed by atoms with van der Waals surface area (Å²) in [5.74, 6) is -2.76. The van der Waals surface area contributed by atoms with E-state index in [0.29, 0.717) is 25.2 Å². The molecule has 3 N–H and O–H groups in total. The van der Waals surface area contributed by atoms with E-state index in [1.54, 1.807) is 0 Å². The van der Waals surface area contributed by atoms with Crippen molar-refractivity contribution in [3.8, 4) is 0 Å². The summed E-state index contributed by atoms with van der Waals surface area (Å²) in [5.41, 5.74) is 2.63. The van der Waals surface area contributed by atoms with Crippen molar-refractivity contribution >= 4 is 11.8 Å². The Morgan fingerprint density at radius 3 is 2.21 bits per heavy atom. The van der Waals surface area contributed by atoms with E-state index in [1.807, 2.05) is 37.0 Å². The first kappa shape index (κ1) is 31.8. The third-order valence-corrected chi connectivity index (χ3v) is 8.60. The lowest BCUT2D eigenvalue weighted by molar-refractivity contribution is -0.143. The van der Waals surface area contributed by atoms with Gasteiger partial charge < -0.3 is 20.6 Å². The van der Waals surface area contributed by atoms with Crippen molar-refractivity contribution in [3.05, 3.63) is 82.9 Å². The maximum absolute atomic E-state index is 14.0. The average molecular weight is 582 g/mol. The Morgan fingerprint density at radius 1 is 0.929 bits per heavy atom. The van der Waals surface area contributed by atoms with E-state index in [2.05, 4.69) is 35.8 Å². The van der Waals surface area contributed by atoms with Crippen LogP contribution in [0.3, 0.4) is 0 Å². The van der Waals surface area contributed by atoms with Crippen LogP contribution in [0.4, 0.5) is 8.78 Å². The molecular formula is C34H45F2N3O3. The van der Waals surface area contributed by atoms with Gasteiger partial charge in [0, 0.05) is 32.2 Å². The van der Waals surface area contributed by atoms with E-state index in [1.165, 1.54) is 17.7 Å². The molecular weight excluding hydrogens is 536 g/mol. The Kier molecular flexibility index (Phi) is 11.3. The molecule has 4 rings (SSSR count). The molecule has 0 spiro atoms. The van der Waals surface area contributed by atoms with Gasteiger partial charge in [-0.15, -0.1) is 0 Å². The molecule has 1 saturated carbocycles. The maximum atomic E-state index is 14.0. The van der Waals surface area contributed by atoms with Crippen molar-refractivity contribution in [1.29, 1.82) is 0 Å². The fraction of sp³-hybridized carbons (Fsp3) is 0.529. The van der Waals surface area contributed by atoms with E-state index in [0.717, 1.165) is 37.3 Å². The smallest absolute Gasteiger partial charge is 0.227 e. The molecule has 1 fully saturated rings. The van der Waals surface area contributed by atoms with E-state index in [-0.39, 0.29) is 36.6 Å². The normalized spacial score (nSPS) is 22.2. The van der Waals surface area contributed by atoms with Crippen LogP contribution in [0.25, 0.3) is 0 Å². The number of hydrogen-bond donors (Lipinski definition) is 3. The van der Waals surface area contributed by atoms with Crippen molar-refractivity contribution < 1.29 is 23.5 Å². The molecule has 0 aliphatic heterocycles. The van der Waals surface area contributed by atoms with Gasteiger partial charge in [0.05, 0.1) is 24.0 Å². The zero-order valence-electron chi connectivity index (χ0n) is 25.0. The number of hydrogen-bond acceptors (Lipinski definition) is 4. The van der Waals surface area contributed by atoms with Crippen LogP contribution in [0.1, 0.15) is 56.7 Å². The topological polar surface area (TPSA) is 81.7 Å². The van der Waals surface area contributed by atoms with Crippen LogP contribution in [0, 0.1) is 35.3 Å². The molecule has 0 aromatic heterocycles. The lowest BCUT2D eigenvalue weighted by Crippen LogP contribution is -2.53. The predicted octanol–water partition coefficient (Wildman–Crippen LogP) is 4.79. The molecule has 2 aliphatic carbocycles. The van der Waals surface area contributed by atoms with Crippen LogP contribution in [0.5, 0.6) is 0 Å². The summed E-state index contributed by atoms with van der Waals surface area (Å²) in [6.45, 7) is 8.16. The molecule has 6 nitrogen and oxygen atoms in total. The molecule has 0 heterocycles. The van der Waals surface area contributed by atoms with Crippen molar-refractivity contribution in [1.82, 2.24) is 15.5 Å². The first-order valence-corrected chi connectivity index (χ1v) is 15.4. The van der Waals surface area contributed by atoms with Crippen molar-refractivity contribution in [3.63, 3.8) is 0 Å². The van der Waals surface area contributed by atoms with Gasteiger partial charge >= 0.3 is 0 Å². The van der Waals surface area contributed by atoms with Crippen molar-refractivity contribution in [2.45, 2.75) is 71.6 Å². The fourth-order valence-corrected chi connectivity index (χ4v) is 6.61. The quantitative estimate of drug-likeness (QED) is 0.264. The predicted molar refractivity (Wildman–Crippen MR) is 160 cm³/mol.